The predicted octanol–water partition coefficient (Wildman–Crippen LogP) is 3.63. The molecule has 4 heteroatoms. The summed E-state index contributed by atoms with van der Waals surface area (Å²) in [7, 11) is 2.12. The normalized spacial score (nSPS) is 11.1. The topological polar surface area (TPSA) is 23.5 Å². The van der Waals surface area contributed by atoms with Gasteiger partial charge in [0.05, 0.1) is 10.4 Å². The average molecular weight is 326 g/mol. The van der Waals surface area contributed by atoms with Gasteiger partial charge >= 0.3 is 0 Å². The number of aliphatic hydroxyl groups excluding tert-OH is 1. The van der Waals surface area contributed by atoms with Crippen molar-refractivity contribution >= 4 is 27.3 Å². The van der Waals surface area contributed by atoms with E-state index in [1.54, 1.807) is 11.3 Å². The SMILES string of the molecule is CN(Cc1ccc(CO)cc1)Cc1csc(Br)c1. The summed E-state index contributed by atoms with van der Waals surface area (Å²) in [6.07, 6.45) is 0. The fourth-order valence-corrected chi connectivity index (χ4v) is 3.06. The van der Waals surface area contributed by atoms with Crippen LogP contribution in [0.1, 0.15) is 16.7 Å². The number of thiophene rings is 1. The minimum Gasteiger partial charge on any atom is -0.392 e. The Morgan fingerprint density at radius 2 is 1.72 bits per heavy atom. The molecule has 18 heavy (non-hydrogen) atoms. The Morgan fingerprint density at radius 1 is 1.11 bits per heavy atom. The lowest BCUT2D eigenvalue weighted by Gasteiger charge is -2.16. The van der Waals surface area contributed by atoms with Crippen molar-refractivity contribution in [1.82, 2.24) is 4.90 Å². The molecule has 0 aliphatic rings. The lowest BCUT2D eigenvalue weighted by molar-refractivity contribution is 0.281. The molecule has 1 aromatic heterocycles. The summed E-state index contributed by atoms with van der Waals surface area (Å²) in [5.74, 6) is 0. The second-order valence-corrected chi connectivity index (χ2v) is 6.70. The molecule has 0 radical (unpaired) electrons. The van der Waals surface area contributed by atoms with Crippen LogP contribution in [0.5, 0.6) is 0 Å². The molecule has 2 nitrogen and oxygen atoms in total. The molecule has 2 rings (SSSR count). The van der Waals surface area contributed by atoms with Crippen molar-refractivity contribution in [2.75, 3.05) is 7.05 Å². The maximum Gasteiger partial charge on any atom is 0.0701 e. The first-order valence-electron chi connectivity index (χ1n) is 5.77. The Morgan fingerprint density at radius 3 is 2.28 bits per heavy atom. The molecule has 0 saturated carbocycles. The van der Waals surface area contributed by atoms with Gasteiger partial charge in [0.15, 0.2) is 0 Å². The van der Waals surface area contributed by atoms with Crippen LogP contribution in [0.2, 0.25) is 0 Å². The molecule has 0 unspecified atom stereocenters. The van der Waals surface area contributed by atoms with E-state index in [0.717, 1.165) is 18.7 Å². The molecule has 0 fully saturated rings. The van der Waals surface area contributed by atoms with E-state index in [4.69, 9.17) is 5.11 Å². The van der Waals surface area contributed by atoms with Crippen LogP contribution in [-0.4, -0.2) is 17.1 Å². The van der Waals surface area contributed by atoms with E-state index in [1.165, 1.54) is 14.9 Å². The Balaban J connectivity index is 1.91. The summed E-state index contributed by atoms with van der Waals surface area (Å²) in [5.41, 5.74) is 3.56. The Bertz CT molecular complexity index is 495. The van der Waals surface area contributed by atoms with Gasteiger partial charge in [-0.2, -0.15) is 0 Å². The van der Waals surface area contributed by atoms with Crippen molar-refractivity contribution in [3.63, 3.8) is 0 Å². The van der Waals surface area contributed by atoms with E-state index in [2.05, 4.69) is 51.5 Å². The van der Waals surface area contributed by atoms with Crippen LogP contribution < -0.4 is 0 Å². The standard InChI is InChI=1S/C14H16BrNOS/c1-16(8-13-6-14(15)18-10-13)7-11-2-4-12(9-17)5-3-11/h2-6,10,17H,7-9H2,1H3. The average Bonchev–Trinajstić information content (AvgIpc) is 2.75. The second kappa shape index (κ2) is 6.48. The van der Waals surface area contributed by atoms with Crippen LogP contribution in [-0.2, 0) is 19.7 Å². The fourth-order valence-electron chi connectivity index (χ4n) is 1.86. The van der Waals surface area contributed by atoms with Gasteiger partial charge in [-0.05, 0) is 51.1 Å². The molecule has 0 amide bonds. The third-order valence-corrected chi connectivity index (χ3v) is 4.29. The predicted molar refractivity (Wildman–Crippen MR) is 79.6 cm³/mol. The minimum absolute atomic E-state index is 0.110. The summed E-state index contributed by atoms with van der Waals surface area (Å²) < 4.78 is 1.18. The molecule has 2 aromatic rings. The van der Waals surface area contributed by atoms with Gasteiger partial charge in [-0.25, -0.2) is 0 Å². The highest BCUT2D eigenvalue weighted by Crippen LogP contribution is 2.21. The lowest BCUT2D eigenvalue weighted by atomic mass is 10.1. The molecule has 1 N–H and O–H groups in total. The maximum absolute atomic E-state index is 8.99. The van der Waals surface area contributed by atoms with Crippen molar-refractivity contribution in [2.24, 2.45) is 0 Å². The van der Waals surface area contributed by atoms with Crippen molar-refractivity contribution in [3.8, 4) is 0 Å². The maximum atomic E-state index is 8.99. The largest absolute Gasteiger partial charge is 0.392 e. The Kier molecular flexibility index (Phi) is 4.95. The Hall–Kier alpha value is -0.680. The van der Waals surface area contributed by atoms with E-state index >= 15 is 0 Å². The zero-order valence-electron chi connectivity index (χ0n) is 10.3. The van der Waals surface area contributed by atoms with E-state index < -0.39 is 0 Å². The van der Waals surface area contributed by atoms with Crippen LogP contribution in [0.15, 0.2) is 39.5 Å². The molecule has 0 bridgehead atoms. The van der Waals surface area contributed by atoms with Crippen LogP contribution in [0.25, 0.3) is 0 Å². The number of hydrogen-bond donors (Lipinski definition) is 1. The zero-order valence-corrected chi connectivity index (χ0v) is 12.7. The summed E-state index contributed by atoms with van der Waals surface area (Å²) in [6, 6.07) is 10.3. The highest BCUT2D eigenvalue weighted by atomic mass is 79.9. The lowest BCUT2D eigenvalue weighted by Crippen LogP contribution is -2.16. The van der Waals surface area contributed by atoms with Crippen molar-refractivity contribution in [3.05, 3.63) is 56.2 Å². The first kappa shape index (κ1) is 13.7. The fraction of sp³-hybridized carbons (Fsp3) is 0.286. The number of rotatable bonds is 5. The molecule has 0 atom stereocenters. The quantitative estimate of drug-likeness (QED) is 0.907. The van der Waals surface area contributed by atoms with Crippen LogP contribution in [0, 0.1) is 0 Å². The van der Waals surface area contributed by atoms with Crippen LogP contribution in [0.3, 0.4) is 0 Å². The van der Waals surface area contributed by atoms with Crippen molar-refractivity contribution < 1.29 is 5.11 Å². The summed E-state index contributed by atoms with van der Waals surface area (Å²) in [4.78, 5) is 2.28. The first-order valence-corrected chi connectivity index (χ1v) is 7.45. The van der Waals surface area contributed by atoms with Gasteiger partial charge in [0.2, 0.25) is 0 Å². The summed E-state index contributed by atoms with van der Waals surface area (Å²) in [5, 5.41) is 11.2. The van der Waals surface area contributed by atoms with E-state index in [1.807, 2.05) is 12.1 Å². The molecule has 1 heterocycles. The van der Waals surface area contributed by atoms with Gasteiger partial charge in [0.1, 0.15) is 0 Å². The minimum atomic E-state index is 0.110. The van der Waals surface area contributed by atoms with Gasteiger partial charge < -0.3 is 5.11 Å². The smallest absolute Gasteiger partial charge is 0.0701 e. The van der Waals surface area contributed by atoms with E-state index in [-0.39, 0.29) is 6.61 Å². The molecular weight excluding hydrogens is 310 g/mol. The molecule has 96 valence electrons. The molecule has 0 aliphatic heterocycles. The molecule has 1 aromatic carbocycles. The van der Waals surface area contributed by atoms with Gasteiger partial charge in [-0.3, -0.25) is 4.90 Å². The zero-order chi connectivity index (χ0) is 13.0. The van der Waals surface area contributed by atoms with Gasteiger partial charge in [0.25, 0.3) is 0 Å². The summed E-state index contributed by atoms with van der Waals surface area (Å²) >= 11 is 5.20. The van der Waals surface area contributed by atoms with Crippen LogP contribution in [0.4, 0.5) is 0 Å². The van der Waals surface area contributed by atoms with E-state index in [0.29, 0.717) is 0 Å². The third kappa shape index (κ3) is 3.92. The number of halogens is 1. The number of hydrogen-bond acceptors (Lipinski definition) is 3. The number of nitrogens with zero attached hydrogens (tertiary/aromatic N) is 1. The number of benzene rings is 1. The van der Waals surface area contributed by atoms with E-state index in [9.17, 15) is 0 Å². The number of aliphatic hydroxyl groups is 1. The molecule has 0 aliphatic carbocycles. The van der Waals surface area contributed by atoms with Gasteiger partial charge in [0, 0.05) is 13.1 Å². The van der Waals surface area contributed by atoms with Gasteiger partial charge in [-0.15, -0.1) is 11.3 Å². The first-order chi connectivity index (χ1) is 8.67. The Labute approximate surface area is 120 Å². The van der Waals surface area contributed by atoms with Gasteiger partial charge in [-0.1, -0.05) is 24.3 Å². The summed E-state index contributed by atoms with van der Waals surface area (Å²) in [6.45, 7) is 1.97. The third-order valence-electron chi connectivity index (χ3n) is 2.73. The highest BCUT2D eigenvalue weighted by Gasteiger charge is 2.04. The molecular formula is C14H16BrNOS. The highest BCUT2D eigenvalue weighted by molar-refractivity contribution is 9.11. The second-order valence-electron chi connectivity index (χ2n) is 4.41. The monoisotopic (exact) mass is 325 g/mol. The molecule has 0 spiro atoms. The van der Waals surface area contributed by atoms with Crippen molar-refractivity contribution in [1.29, 1.82) is 0 Å². The molecule has 0 saturated heterocycles. The van der Waals surface area contributed by atoms with Crippen LogP contribution >= 0.6 is 27.3 Å². The van der Waals surface area contributed by atoms with Crippen molar-refractivity contribution in [2.45, 2.75) is 19.7 Å².